The van der Waals surface area contributed by atoms with E-state index in [4.69, 9.17) is 21.1 Å². The maximum Gasteiger partial charge on any atom is 0.322 e. The molecule has 0 radical (unpaired) electrons. The van der Waals surface area contributed by atoms with Gasteiger partial charge in [0.1, 0.15) is 0 Å². The Morgan fingerprint density at radius 1 is 1.30 bits per heavy atom. The van der Waals surface area contributed by atoms with Crippen LogP contribution in [0.5, 0.6) is 6.01 Å². The maximum atomic E-state index is 5.90. The van der Waals surface area contributed by atoms with Gasteiger partial charge in [-0.1, -0.05) is 13.8 Å². The quantitative estimate of drug-likeness (QED) is 0.901. The first-order valence-corrected chi connectivity index (χ1v) is 7.08. The molecule has 2 unspecified atom stereocenters. The molecule has 1 aromatic rings. The number of nitrogens with one attached hydrogen (secondary N) is 1. The first-order valence-electron chi connectivity index (χ1n) is 6.70. The molecule has 0 aliphatic heterocycles. The highest BCUT2D eigenvalue weighted by molar-refractivity contribution is 6.28. The summed E-state index contributed by atoms with van der Waals surface area (Å²) in [5.41, 5.74) is 0.0208. The second-order valence-corrected chi connectivity index (χ2v) is 6.19. The highest BCUT2D eigenvalue weighted by atomic mass is 35.5. The summed E-state index contributed by atoms with van der Waals surface area (Å²) in [5.74, 6) is 0.438. The lowest BCUT2D eigenvalue weighted by Crippen LogP contribution is -2.57. The van der Waals surface area contributed by atoms with Gasteiger partial charge >= 0.3 is 6.01 Å². The number of hydrogen-bond acceptors (Lipinski definition) is 6. The van der Waals surface area contributed by atoms with Crippen molar-refractivity contribution in [2.45, 2.75) is 52.4 Å². The summed E-state index contributed by atoms with van der Waals surface area (Å²) in [6.07, 6.45) is 1.13. The third-order valence-electron chi connectivity index (χ3n) is 3.69. The molecule has 0 amide bonds. The SMILES string of the molecule is COC1CC(Nc2nc(Cl)nc(OC(C)C)n2)C1(C)C. The molecule has 0 aromatic carbocycles. The number of nitrogens with zero attached hydrogens (tertiary/aromatic N) is 3. The largest absolute Gasteiger partial charge is 0.461 e. The summed E-state index contributed by atoms with van der Waals surface area (Å²) in [6.45, 7) is 8.11. The van der Waals surface area contributed by atoms with Crippen LogP contribution in [0.4, 0.5) is 5.95 Å². The second kappa shape index (κ2) is 5.69. The fourth-order valence-corrected chi connectivity index (χ4v) is 2.50. The molecule has 1 N–H and O–H groups in total. The van der Waals surface area contributed by atoms with Crippen molar-refractivity contribution in [1.82, 2.24) is 15.0 Å². The van der Waals surface area contributed by atoms with Crippen molar-refractivity contribution in [3.8, 4) is 6.01 Å². The van der Waals surface area contributed by atoms with Gasteiger partial charge < -0.3 is 14.8 Å². The van der Waals surface area contributed by atoms with Crippen molar-refractivity contribution in [1.29, 1.82) is 0 Å². The molecule has 7 heteroatoms. The van der Waals surface area contributed by atoms with E-state index in [1.165, 1.54) is 0 Å². The van der Waals surface area contributed by atoms with Crippen LogP contribution in [0.25, 0.3) is 0 Å². The highest BCUT2D eigenvalue weighted by Gasteiger charge is 2.48. The first kappa shape index (κ1) is 15.3. The molecule has 6 nitrogen and oxygen atoms in total. The molecule has 2 atom stereocenters. The molecule has 1 fully saturated rings. The van der Waals surface area contributed by atoms with Gasteiger partial charge in [0.25, 0.3) is 0 Å². The van der Waals surface area contributed by atoms with E-state index < -0.39 is 0 Å². The van der Waals surface area contributed by atoms with Crippen LogP contribution >= 0.6 is 11.6 Å². The molecule has 20 heavy (non-hydrogen) atoms. The summed E-state index contributed by atoms with van der Waals surface area (Å²) in [6, 6.07) is 0.473. The van der Waals surface area contributed by atoms with E-state index in [1.807, 2.05) is 13.8 Å². The zero-order valence-corrected chi connectivity index (χ0v) is 13.2. The van der Waals surface area contributed by atoms with Crippen molar-refractivity contribution in [3.63, 3.8) is 0 Å². The van der Waals surface area contributed by atoms with E-state index in [-0.39, 0.29) is 35.0 Å². The Labute approximate surface area is 124 Å². The summed E-state index contributed by atoms with van der Waals surface area (Å²) < 4.78 is 10.9. The van der Waals surface area contributed by atoms with Crippen LogP contribution in [-0.2, 0) is 4.74 Å². The van der Waals surface area contributed by atoms with Gasteiger partial charge in [-0.3, -0.25) is 0 Å². The van der Waals surface area contributed by atoms with Crippen LogP contribution in [0.2, 0.25) is 5.28 Å². The number of aromatic nitrogens is 3. The highest BCUT2D eigenvalue weighted by Crippen LogP contribution is 2.43. The number of anilines is 1. The van der Waals surface area contributed by atoms with Crippen molar-refractivity contribution in [2.24, 2.45) is 5.41 Å². The van der Waals surface area contributed by atoms with Gasteiger partial charge in [0, 0.05) is 18.6 Å². The van der Waals surface area contributed by atoms with E-state index >= 15 is 0 Å². The molecule has 0 bridgehead atoms. The van der Waals surface area contributed by atoms with Crippen LogP contribution in [0.15, 0.2) is 0 Å². The van der Waals surface area contributed by atoms with Crippen molar-refractivity contribution in [3.05, 3.63) is 5.28 Å². The fourth-order valence-electron chi connectivity index (χ4n) is 2.35. The third kappa shape index (κ3) is 3.12. The second-order valence-electron chi connectivity index (χ2n) is 5.86. The topological polar surface area (TPSA) is 69.2 Å². The predicted octanol–water partition coefficient (Wildman–Crippen LogP) is 2.54. The molecule has 1 aromatic heterocycles. The Morgan fingerprint density at radius 2 is 2.00 bits per heavy atom. The zero-order valence-electron chi connectivity index (χ0n) is 12.5. The minimum Gasteiger partial charge on any atom is -0.461 e. The number of methoxy groups -OCH3 is 1. The van der Waals surface area contributed by atoms with Gasteiger partial charge in [-0.15, -0.1) is 0 Å². The van der Waals surface area contributed by atoms with E-state index in [0.717, 1.165) is 6.42 Å². The predicted molar refractivity (Wildman–Crippen MR) is 77.2 cm³/mol. The van der Waals surface area contributed by atoms with Crippen LogP contribution < -0.4 is 10.1 Å². The molecule has 2 rings (SSSR count). The molecule has 0 spiro atoms. The molecule has 1 aliphatic rings. The summed E-state index contributed by atoms with van der Waals surface area (Å²) >= 11 is 5.90. The average molecular weight is 301 g/mol. The molecular formula is C13H21ClN4O2. The summed E-state index contributed by atoms with van der Waals surface area (Å²) in [7, 11) is 1.73. The van der Waals surface area contributed by atoms with Crippen LogP contribution in [0, 0.1) is 5.41 Å². The Morgan fingerprint density at radius 3 is 2.55 bits per heavy atom. The lowest BCUT2D eigenvalue weighted by atomic mass is 9.64. The van der Waals surface area contributed by atoms with Gasteiger partial charge in [-0.25, -0.2) is 0 Å². The van der Waals surface area contributed by atoms with E-state index in [1.54, 1.807) is 7.11 Å². The lowest BCUT2D eigenvalue weighted by molar-refractivity contribution is -0.0796. The summed E-state index contributed by atoms with van der Waals surface area (Å²) in [5, 5.41) is 3.40. The normalized spacial score (nSPS) is 24.4. The van der Waals surface area contributed by atoms with Gasteiger partial charge in [0.2, 0.25) is 11.2 Å². The van der Waals surface area contributed by atoms with Gasteiger partial charge in [0.15, 0.2) is 0 Å². The number of rotatable bonds is 5. The van der Waals surface area contributed by atoms with Gasteiger partial charge in [-0.05, 0) is 31.9 Å². The van der Waals surface area contributed by atoms with Crippen LogP contribution in [0.3, 0.4) is 0 Å². The zero-order chi connectivity index (χ0) is 14.9. The maximum absolute atomic E-state index is 5.90. The fraction of sp³-hybridized carbons (Fsp3) is 0.769. The number of hydrogen-bond donors (Lipinski definition) is 1. The van der Waals surface area contributed by atoms with Crippen molar-refractivity contribution < 1.29 is 9.47 Å². The van der Waals surface area contributed by atoms with Crippen LogP contribution in [-0.4, -0.2) is 40.3 Å². The Balaban J connectivity index is 2.09. The van der Waals surface area contributed by atoms with E-state index in [9.17, 15) is 0 Å². The average Bonchev–Trinajstić information content (AvgIpc) is 2.32. The Kier molecular flexibility index (Phi) is 4.34. The van der Waals surface area contributed by atoms with Crippen LogP contribution in [0.1, 0.15) is 34.1 Å². The molecule has 112 valence electrons. The molecule has 1 aliphatic carbocycles. The first-order chi connectivity index (χ1) is 9.32. The molecular weight excluding hydrogens is 280 g/mol. The Bertz CT molecular complexity index is 481. The number of halogens is 1. The van der Waals surface area contributed by atoms with E-state index in [2.05, 4.69) is 34.1 Å². The monoisotopic (exact) mass is 300 g/mol. The number of ether oxygens (including phenoxy) is 2. The minimum absolute atomic E-state index is 0.0145. The third-order valence-corrected chi connectivity index (χ3v) is 3.86. The van der Waals surface area contributed by atoms with E-state index in [0.29, 0.717) is 5.95 Å². The minimum atomic E-state index is -0.0145. The molecule has 0 saturated heterocycles. The lowest BCUT2D eigenvalue weighted by Gasteiger charge is -2.51. The van der Waals surface area contributed by atoms with Gasteiger partial charge in [-0.2, -0.15) is 15.0 Å². The smallest absolute Gasteiger partial charge is 0.322 e. The van der Waals surface area contributed by atoms with Crippen molar-refractivity contribution in [2.75, 3.05) is 12.4 Å². The summed E-state index contributed by atoms with van der Waals surface area (Å²) in [4.78, 5) is 12.3. The molecule has 1 heterocycles. The Hall–Kier alpha value is -1.14. The van der Waals surface area contributed by atoms with Crippen molar-refractivity contribution >= 4 is 17.5 Å². The standard InChI is InChI=1S/C13H21ClN4O2/c1-7(2)20-12-17-10(14)16-11(18-12)15-8-6-9(19-5)13(8,3)4/h7-9H,6H2,1-5H3,(H,15,16,17,18). The van der Waals surface area contributed by atoms with Gasteiger partial charge in [0.05, 0.1) is 12.2 Å². The molecule has 1 saturated carbocycles.